The van der Waals surface area contributed by atoms with Crippen molar-refractivity contribution < 1.29 is 22.1 Å². The molecule has 0 radical (unpaired) electrons. The van der Waals surface area contributed by atoms with Crippen LogP contribution >= 0.6 is 0 Å². The highest BCUT2D eigenvalue weighted by atomic mass is 19.4. The molecular formula is C12H12BF4N2O-. The third-order valence-electron chi connectivity index (χ3n) is 2.83. The van der Waals surface area contributed by atoms with E-state index in [0.717, 1.165) is 12.1 Å². The molecular weight excluding hydrogens is 275 g/mol. The molecule has 0 atom stereocenters. The van der Waals surface area contributed by atoms with E-state index in [2.05, 4.69) is 4.98 Å². The average Bonchev–Trinajstić information content (AvgIpc) is 2.76. The van der Waals surface area contributed by atoms with Gasteiger partial charge in [0.15, 0.2) is 0 Å². The van der Waals surface area contributed by atoms with E-state index in [0.29, 0.717) is 18.3 Å². The molecule has 1 heterocycles. The number of nitrogens with zero attached hydrogens (tertiary/aromatic N) is 2. The summed E-state index contributed by atoms with van der Waals surface area (Å²) in [4.78, 5) is 4.04. The molecule has 2 aromatic rings. The van der Waals surface area contributed by atoms with Gasteiger partial charge in [-0.3, -0.25) is 0 Å². The molecule has 0 saturated heterocycles. The first-order valence-corrected chi connectivity index (χ1v) is 5.96. The number of imidazole rings is 1. The fourth-order valence-electron chi connectivity index (χ4n) is 1.80. The number of hydrogen-bond donors (Lipinski definition) is 0. The SMILES string of the molecule is Cn1ccnc1CCOc1ccc(F)cc1[B-](F)(F)F. The topological polar surface area (TPSA) is 27.1 Å². The van der Waals surface area contributed by atoms with Gasteiger partial charge in [0.1, 0.15) is 11.6 Å². The zero-order valence-corrected chi connectivity index (χ0v) is 10.7. The largest absolute Gasteiger partial charge is 0.513 e. The van der Waals surface area contributed by atoms with Crippen LogP contribution in [0.3, 0.4) is 0 Å². The number of hydrogen-bond acceptors (Lipinski definition) is 2. The molecule has 0 spiro atoms. The number of benzene rings is 1. The Bertz CT molecular complexity index is 597. The van der Waals surface area contributed by atoms with E-state index in [9.17, 15) is 17.3 Å². The zero-order valence-electron chi connectivity index (χ0n) is 10.7. The fraction of sp³-hybridized carbons (Fsp3) is 0.250. The van der Waals surface area contributed by atoms with Crippen molar-refractivity contribution in [3.63, 3.8) is 0 Å². The minimum absolute atomic E-state index is 0.0373. The third kappa shape index (κ3) is 3.31. The van der Waals surface area contributed by atoms with E-state index >= 15 is 0 Å². The first-order chi connectivity index (χ1) is 9.38. The molecule has 0 saturated carbocycles. The van der Waals surface area contributed by atoms with Crippen molar-refractivity contribution >= 4 is 12.4 Å². The standard InChI is InChI=1S/C12H12BF4N2O/c1-19-6-5-18-12(19)4-7-20-11-3-2-9(14)8-10(11)13(15,16)17/h2-3,5-6,8H,4,7H2,1H3/q-1. The van der Waals surface area contributed by atoms with Crippen molar-refractivity contribution in [3.8, 4) is 5.75 Å². The van der Waals surface area contributed by atoms with E-state index in [4.69, 9.17) is 4.74 Å². The number of ether oxygens (including phenoxy) is 1. The first kappa shape index (κ1) is 14.4. The van der Waals surface area contributed by atoms with Crippen LogP contribution < -0.4 is 10.2 Å². The Morgan fingerprint density at radius 2 is 2.05 bits per heavy atom. The molecule has 3 nitrogen and oxygen atoms in total. The summed E-state index contributed by atoms with van der Waals surface area (Å²) in [5, 5.41) is 0. The van der Waals surface area contributed by atoms with E-state index in [1.807, 2.05) is 0 Å². The first-order valence-electron chi connectivity index (χ1n) is 5.96. The van der Waals surface area contributed by atoms with Crippen LogP contribution in [0.2, 0.25) is 0 Å². The maximum absolute atomic E-state index is 12.9. The van der Waals surface area contributed by atoms with Crippen LogP contribution in [0.15, 0.2) is 30.6 Å². The molecule has 8 heteroatoms. The minimum atomic E-state index is -5.31. The lowest BCUT2D eigenvalue weighted by Gasteiger charge is -2.19. The van der Waals surface area contributed by atoms with Gasteiger partial charge in [-0.15, -0.1) is 0 Å². The highest BCUT2D eigenvalue weighted by Crippen LogP contribution is 2.19. The van der Waals surface area contributed by atoms with Gasteiger partial charge in [-0.2, -0.15) is 0 Å². The summed E-state index contributed by atoms with van der Waals surface area (Å²) in [6.45, 7) is -5.28. The average molecular weight is 287 g/mol. The number of rotatable bonds is 5. The molecule has 0 aliphatic heterocycles. The summed E-state index contributed by atoms with van der Waals surface area (Å²) in [6.07, 6.45) is 3.69. The van der Waals surface area contributed by atoms with Crippen LogP contribution in [0.25, 0.3) is 0 Å². The van der Waals surface area contributed by atoms with Gasteiger partial charge < -0.3 is 22.3 Å². The zero-order chi connectivity index (χ0) is 14.8. The second-order valence-corrected chi connectivity index (χ2v) is 4.31. The predicted octanol–water partition coefficient (Wildman–Crippen LogP) is 2.24. The van der Waals surface area contributed by atoms with Crippen molar-refractivity contribution in [1.82, 2.24) is 9.55 Å². The summed E-state index contributed by atoms with van der Waals surface area (Å²) in [5.74, 6) is -0.588. The van der Waals surface area contributed by atoms with Crippen molar-refractivity contribution in [2.24, 2.45) is 7.05 Å². The van der Waals surface area contributed by atoms with Gasteiger partial charge in [0, 0.05) is 25.9 Å². The lowest BCUT2D eigenvalue weighted by Crippen LogP contribution is -2.36. The number of aromatic nitrogens is 2. The molecule has 0 aliphatic rings. The van der Waals surface area contributed by atoms with Crippen LogP contribution in [0.5, 0.6) is 5.75 Å². The second kappa shape index (κ2) is 5.56. The van der Waals surface area contributed by atoms with Gasteiger partial charge in [0.25, 0.3) is 0 Å². The minimum Gasteiger partial charge on any atom is -0.496 e. The van der Waals surface area contributed by atoms with Crippen molar-refractivity contribution in [3.05, 3.63) is 42.2 Å². The fourth-order valence-corrected chi connectivity index (χ4v) is 1.80. The molecule has 0 N–H and O–H groups in total. The smallest absolute Gasteiger partial charge is 0.496 e. The highest BCUT2D eigenvalue weighted by Gasteiger charge is 2.29. The van der Waals surface area contributed by atoms with Crippen molar-refractivity contribution in [2.45, 2.75) is 6.42 Å². The number of halogens is 4. The molecule has 0 fully saturated rings. The van der Waals surface area contributed by atoms with Crippen LogP contribution in [-0.4, -0.2) is 23.1 Å². The van der Waals surface area contributed by atoms with E-state index in [1.54, 1.807) is 24.0 Å². The predicted molar refractivity (Wildman–Crippen MR) is 67.5 cm³/mol. The Morgan fingerprint density at radius 3 is 2.65 bits per heavy atom. The van der Waals surface area contributed by atoms with Crippen molar-refractivity contribution in [2.75, 3.05) is 6.61 Å². The van der Waals surface area contributed by atoms with Gasteiger partial charge in [0.05, 0.1) is 12.4 Å². The molecule has 0 amide bonds. The lowest BCUT2D eigenvalue weighted by atomic mass is 9.79. The van der Waals surface area contributed by atoms with E-state index in [1.165, 1.54) is 0 Å². The van der Waals surface area contributed by atoms with Gasteiger partial charge >= 0.3 is 6.98 Å². The molecule has 1 aromatic carbocycles. The van der Waals surface area contributed by atoms with Gasteiger partial charge in [-0.25, -0.2) is 9.37 Å². The molecule has 108 valence electrons. The Labute approximate surface area is 113 Å². The summed E-state index contributed by atoms with van der Waals surface area (Å²) >= 11 is 0. The highest BCUT2D eigenvalue weighted by molar-refractivity contribution is 6.74. The Morgan fingerprint density at radius 1 is 1.30 bits per heavy atom. The van der Waals surface area contributed by atoms with Crippen LogP contribution in [0.4, 0.5) is 17.3 Å². The lowest BCUT2D eigenvalue weighted by molar-refractivity contribution is 0.317. The normalized spacial score (nSPS) is 11.7. The second-order valence-electron chi connectivity index (χ2n) is 4.31. The van der Waals surface area contributed by atoms with E-state index < -0.39 is 18.3 Å². The molecule has 0 bridgehead atoms. The van der Waals surface area contributed by atoms with Crippen molar-refractivity contribution in [1.29, 1.82) is 0 Å². The summed E-state index contributed by atoms with van der Waals surface area (Å²) < 4.78 is 58.2. The Balaban J connectivity index is 2.08. The monoisotopic (exact) mass is 287 g/mol. The van der Waals surface area contributed by atoms with Gasteiger partial charge in [-0.05, 0) is 18.2 Å². The van der Waals surface area contributed by atoms with E-state index in [-0.39, 0.29) is 12.4 Å². The molecule has 1 aromatic heterocycles. The summed E-state index contributed by atoms with van der Waals surface area (Å²) in [7, 11) is 1.78. The molecule has 2 rings (SSSR count). The molecule has 0 aliphatic carbocycles. The Hall–Kier alpha value is -1.99. The molecule has 20 heavy (non-hydrogen) atoms. The van der Waals surface area contributed by atoms with Crippen LogP contribution in [0.1, 0.15) is 5.82 Å². The third-order valence-corrected chi connectivity index (χ3v) is 2.83. The maximum Gasteiger partial charge on any atom is 0.513 e. The quantitative estimate of drug-likeness (QED) is 0.623. The Kier molecular flexibility index (Phi) is 4.01. The van der Waals surface area contributed by atoms with Crippen LogP contribution in [-0.2, 0) is 13.5 Å². The maximum atomic E-state index is 12.9. The summed E-state index contributed by atoms with van der Waals surface area (Å²) in [5.41, 5.74) is -1.05. The molecule has 0 unspecified atom stereocenters. The van der Waals surface area contributed by atoms with Gasteiger partial charge in [0.2, 0.25) is 0 Å². The number of aryl methyl sites for hydroxylation is 1. The van der Waals surface area contributed by atoms with Gasteiger partial charge in [-0.1, -0.05) is 5.46 Å². The van der Waals surface area contributed by atoms with Crippen LogP contribution in [0, 0.1) is 5.82 Å². The summed E-state index contributed by atoms with van der Waals surface area (Å²) in [6, 6.07) is 2.40.